The molecular weight excluding hydrogens is 354 g/mol. The second kappa shape index (κ2) is 6.75. The lowest BCUT2D eigenvalue weighted by molar-refractivity contribution is -0.122. The SMILES string of the molecule is CC(NC(=O)Cn1nnc2ccccc21)c1nc2ccccc2n1C(F)F. The number of rotatable bonds is 5. The molecule has 1 unspecified atom stereocenters. The van der Waals surface area contributed by atoms with Crippen molar-refractivity contribution >= 4 is 28.0 Å². The van der Waals surface area contributed by atoms with Crippen molar-refractivity contribution in [2.45, 2.75) is 26.1 Å². The summed E-state index contributed by atoms with van der Waals surface area (Å²) in [6.07, 6.45) is 0. The standard InChI is InChI=1S/C18H16F2N6O/c1-11(17-22-12-6-2-5-9-15(12)26(17)18(19)20)21-16(27)10-25-14-8-4-3-7-13(14)23-24-25/h2-9,11,18H,10H2,1H3,(H,21,27). The second-order valence-electron chi connectivity index (χ2n) is 6.13. The largest absolute Gasteiger partial charge is 0.345 e. The zero-order valence-corrected chi connectivity index (χ0v) is 14.4. The predicted molar refractivity (Wildman–Crippen MR) is 95.1 cm³/mol. The first-order valence-corrected chi connectivity index (χ1v) is 8.37. The van der Waals surface area contributed by atoms with Gasteiger partial charge in [-0.3, -0.25) is 9.36 Å². The summed E-state index contributed by atoms with van der Waals surface area (Å²) < 4.78 is 29.4. The van der Waals surface area contributed by atoms with E-state index < -0.39 is 12.6 Å². The summed E-state index contributed by atoms with van der Waals surface area (Å²) >= 11 is 0. The fraction of sp³-hybridized carbons (Fsp3) is 0.222. The van der Waals surface area contributed by atoms with Gasteiger partial charge in [-0.2, -0.15) is 8.78 Å². The minimum atomic E-state index is -2.76. The van der Waals surface area contributed by atoms with Crippen LogP contribution in [0.5, 0.6) is 0 Å². The Morgan fingerprint density at radius 1 is 1.07 bits per heavy atom. The maximum atomic E-state index is 13.6. The van der Waals surface area contributed by atoms with Crippen molar-refractivity contribution in [3.63, 3.8) is 0 Å². The Bertz CT molecular complexity index is 1120. The number of hydrogen-bond acceptors (Lipinski definition) is 4. The first-order chi connectivity index (χ1) is 13.0. The van der Waals surface area contributed by atoms with Crippen LogP contribution in [0, 0.1) is 0 Å². The van der Waals surface area contributed by atoms with Crippen molar-refractivity contribution in [1.29, 1.82) is 0 Å². The maximum Gasteiger partial charge on any atom is 0.320 e. The number of aromatic nitrogens is 5. The number of nitrogens with one attached hydrogen (secondary N) is 1. The van der Waals surface area contributed by atoms with Crippen LogP contribution in [0.3, 0.4) is 0 Å². The number of carbonyl (C=O) groups excluding carboxylic acids is 1. The number of fused-ring (bicyclic) bond motifs is 2. The molecule has 27 heavy (non-hydrogen) atoms. The van der Waals surface area contributed by atoms with Gasteiger partial charge in [-0.25, -0.2) is 9.67 Å². The molecule has 138 valence electrons. The van der Waals surface area contributed by atoms with Crippen molar-refractivity contribution in [3.8, 4) is 0 Å². The van der Waals surface area contributed by atoms with E-state index in [1.54, 1.807) is 37.3 Å². The molecule has 2 heterocycles. The highest BCUT2D eigenvalue weighted by atomic mass is 19.3. The molecule has 9 heteroatoms. The molecule has 1 atom stereocenters. The van der Waals surface area contributed by atoms with Gasteiger partial charge in [-0.15, -0.1) is 5.10 Å². The quantitative estimate of drug-likeness (QED) is 0.586. The summed E-state index contributed by atoms with van der Waals surface area (Å²) in [5, 5.41) is 10.7. The van der Waals surface area contributed by atoms with E-state index in [1.165, 1.54) is 4.68 Å². The summed E-state index contributed by atoms with van der Waals surface area (Å²) in [5.74, 6) is -0.269. The van der Waals surface area contributed by atoms with Crippen molar-refractivity contribution in [1.82, 2.24) is 29.9 Å². The Kier molecular flexibility index (Phi) is 4.27. The molecule has 4 rings (SSSR count). The molecule has 2 aromatic heterocycles. The number of imidazole rings is 1. The maximum absolute atomic E-state index is 13.6. The highest BCUT2D eigenvalue weighted by Crippen LogP contribution is 2.26. The van der Waals surface area contributed by atoms with Crippen LogP contribution in [0.15, 0.2) is 48.5 Å². The van der Waals surface area contributed by atoms with Gasteiger partial charge in [0.05, 0.1) is 22.6 Å². The average Bonchev–Trinajstić information content (AvgIpc) is 3.23. The van der Waals surface area contributed by atoms with Gasteiger partial charge in [0.25, 0.3) is 0 Å². The minimum Gasteiger partial charge on any atom is -0.345 e. The molecule has 0 saturated carbocycles. The first-order valence-electron chi connectivity index (χ1n) is 8.37. The summed E-state index contributed by atoms with van der Waals surface area (Å²) in [5.41, 5.74) is 2.18. The van der Waals surface area contributed by atoms with Gasteiger partial charge >= 0.3 is 6.55 Å². The molecule has 0 aliphatic rings. The van der Waals surface area contributed by atoms with E-state index in [1.807, 2.05) is 18.2 Å². The summed E-state index contributed by atoms with van der Waals surface area (Å²) in [6, 6.07) is 13.2. The number of carbonyl (C=O) groups is 1. The van der Waals surface area contributed by atoms with Gasteiger partial charge in [0.2, 0.25) is 5.91 Å². The van der Waals surface area contributed by atoms with Gasteiger partial charge in [0.1, 0.15) is 17.9 Å². The molecule has 4 aromatic rings. The number of benzene rings is 2. The molecule has 0 aliphatic heterocycles. The van der Waals surface area contributed by atoms with E-state index in [0.29, 0.717) is 16.6 Å². The minimum absolute atomic E-state index is 0.0697. The van der Waals surface area contributed by atoms with Crippen LogP contribution in [-0.4, -0.2) is 30.5 Å². The zero-order chi connectivity index (χ0) is 19.0. The molecule has 0 saturated heterocycles. The molecule has 0 fully saturated rings. The third-order valence-electron chi connectivity index (χ3n) is 4.30. The van der Waals surface area contributed by atoms with Crippen LogP contribution >= 0.6 is 0 Å². The molecule has 0 spiro atoms. The molecule has 7 nitrogen and oxygen atoms in total. The Balaban J connectivity index is 1.57. The number of halogens is 2. The Labute approximate surface area is 152 Å². The molecule has 2 aromatic carbocycles. The van der Waals surface area contributed by atoms with Crippen molar-refractivity contribution in [2.75, 3.05) is 0 Å². The topological polar surface area (TPSA) is 77.6 Å². The zero-order valence-electron chi connectivity index (χ0n) is 14.4. The fourth-order valence-electron chi connectivity index (χ4n) is 3.10. The lowest BCUT2D eigenvalue weighted by Gasteiger charge is -2.16. The normalized spacial score (nSPS) is 12.7. The number of amides is 1. The molecule has 1 N–H and O–H groups in total. The monoisotopic (exact) mass is 370 g/mol. The number of para-hydroxylation sites is 3. The predicted octanol–water partition coefficient (Wildman–Crippen LogP) is 3.05. The van der Waals surface area contributed by atoms with E-state index in [2.05, 4.69) is 20.6 Å². The smallest absolute Gasteiger partial charge is 0.320 e. The average molecular weight is 370 g/mol. The number of hydrogen-bond donors (Lipinski definition) is 1. The van der Waals surface area contributed by atoms with E-state index in [4.69, 9.17) is 0 Å². The van der Waals surface area contributed by atoms with Gasteiger partial charge in [0.15, 0.2) is 0 Å². The van der Waals surface area contributed by atoms with Crippen molar-refractivity contribution in [2.24, 2.45) is 0 Å². The highest BCUT2D eigenvalue weighted by molar-refractivity contribution is 5.80. The first kappa shape index (κ1) is 17.1. The van der Waals surface area contributed by atoms with Crippen LogP contribution in [0.1, 0.15) is 25.3 Å². The third kappa shape index (κ3) is 3.12. The van der Waals surface area contributed by atoms with Crippen LogP contribution in [0.25, 0.3) is 22.1 Å². The number of nitrogens with zero attached hydrogens (tertiary/aromatic N) is 5. The molecular formula is C18H16F2N6O. The van der Waals surface area contributed by atoms with Gasteiger partial charge in [-0.05, 0) is 31.2 Å². The molecule has 0 bridgehead atoms. The highest BCUT2D eigenvalue weighted by Gasteiger charge is 2.23. The van der Waals surface area contributed by atoms with Crippen molar-refractivity contribution in [3.05, 3.63) is 54.4 Å². The van der Waals surface area contributed by atoms with Crippen LogP contribution in [0.4, 0.5) is 8.78 Å². The summed E-state index contributed by atoms with van der Waals surface area (Å²) in [6.45, 7) is -1.21. The van der Waals surface area contributed by atoms with E-state index in [0.717, 1.165) is 10.1 Å². The molecule has 0 aliphatic carbocycles. The Morgan fingerprint density at radius 2 is 1.74 bits per heavy atom. The van der Waals surface area contributed by atoms with E-state index in [-0.39, 0.29) is 18.3 Å². The lowest BCUT2D eigenvalue weighted by Crippen LogP contribution is -2.32. The van der Waals surface area contributed by atoms with Crippen molar-refractivity contribution < 1.29 is 13.6 Å². The van der Waals surface area contributed by atoms with Gasteiger partial charge in [-0.1, -0.05) is 29.5 Å². The lowest BCUT2D eigenvalue weighted by atomic mass is 10.3. The Hall–Kier alpha value is -3.36. The van der Waals surface area contributed by atoms with Gasteiger partial charge in [0, 0.05) is 0 Å². The van der Waals surface area contributed by atoms with Crippen LogP contribution < -0.4 is 5.32 Å². The van der Waals surface area contributed by atoms with E-state index >= 15 is 0 Å². The second-order valence-corrected chi connectivity index (χ2v) is 6.13. The number of alkyl halides is 2. The van der Waals surface area contributed by atoms with E-state index in [9.17, 15) is 13.6 Å². The summed E-state index contributed by atoms with van der Waals surface area (Å²) in [7, 11) is 0. The third-order valence-corrected chi connectivity index (χ3v) is 4.30. The molecule has 0 radical (unpaired) electrons. The van der Waals surface area contributed by atoms with Gasteiger partial charge < -0.3 is 5.32 Å². The molecule has 1 amide bonds. The Morgan fingerprint density at radius 3 is 2.48 bits per heavy atom. The van der Waals surface area contributed by atoms with Crippen LogP contribution in [-0.2, 0) is 11.3 Å². The fourth-order valence-corrected chi connectivity index (χ4v) is 3.10. The summed E-state index contributed by atoms with van der Waals surface area (Å²) in [4.78, 5) is 16.7. The van der Waals surface area contributed by atoms with Crippen LogP contribution in [0.2, 0.25) is 0 Å².